The zero-order valence-electron chi connectivity index (χ0n) is 11.5. The summed E-state index contributed by atoms with van der Waals surface area (Å²) in [4.78, 5) is 15.4. The number of rotatable bonds is 4. The number of carbonyl (C=O) groups excluding carboxylic acids is 1. The lowest BCUT2D eigenvalue weighted by Gasteiger charge is -2.24. The molecule has 1 aliphatic rings. The topological polar surface area (TPSA) is 46.3 Å². The van der Waals surface area contributed by atoms with Gasteiger partial charge in [-0.05, 0) is 30.2 Å². The SMILES string of the molecule is CC(C)CN(C(=O)c1sccc1C#CCN)C1CC1. The summed E-state index contributed by atoms with van der Waals surface area (Å²) in [5.41, 5.74) is 6.20. The Balaban J connectivity index is 2.19. The molecule has 2 N–H and O–H groups in total. The lowest BCUT2D eigenvalue weighted by Crippen LogP contribution is -2.36. The highest BCUT2D eigenvalue weighted by Crippen LogP contribution is 2.30. The maximum atomic E-state index is 12.6. The second kappa shape index (κ2) is 6.23. The molecule has 1 aromatic rings. The van der Waals surface area contributed by atoms with Crippen LogP contribution in [0.4, 0.5) is 0 Å². The summed E-state index contributed by atoms with van der Waals surface area (Å²) < 4.78 is 0. The Morgan fingerprint density at radius 3 is 2.89 bits per heavy atom. The molecule has 4 heteroatoms. The molecule has 0 saturated heterocycles. The van der Waals surface area contributed by atoms with Crippen molar-refractivity contribution < 1.29 is 4.79 Å². The predicted molar refractivity (Wildman–Crippen MR) is 79.1 cm³/mol. The van der Waals surface area contributed by atoms with Gasteiger partial charge in [0, 0.05) is 18.2 Å². The smallest absolute Gasteiger partial charge is 0.265 e. The average molecular weight is 276 g/mol. The zero-order valence-corrected chi connectivity index (χ0v) is 12.3. The van der Waals surface area contributed by atoms with E-state index in [-0.39, 0.29) is 5.91 Å². The molecule has 0 aromatic carbocycles. The first kappa shape index (κ1) is 14.1. The summed E-state index contributed by atoms with van der Waals surface area (Å²) >= 11 is 1.47. The van der Waals surface area contributed by atoms with Gasteiger partial charge in [-0.2, -0.15) is 0 Å². The number of hydrogen-bond donors (Lipinski definition) is 1. The molecule has 1 heterocycles. The minimum Gasteiger partial charge on any atom is -0.335 e. The van der Waals surface area contributed by atoms with Crippen molar-refractivity contribution >= 4 is 17.2 Å². The van der Waals surface area contributed by atoms with Crippen molar-refractivity contribution in [3.05, 3.63) is 21.9 Å². The van der Waals surface area contributed by atoms with Crippen molar-refractivity contribution in [1.29, 1.82) is 0 Å². The molecule has 3 nitrogen and oxygen atoms in total. The number of amides is 1. The minimum absolute atomic E-state index is 0.132. The highest BCUT2D eigenvalue weighted by Gasteiger charge is 2.34. The maximum Gasteiger partial charge on any atom is 0.265 e. The van der Waals surface area contributed by atoms with Crippen molar-refractivity contribution in [3.8, 4) is 11.8 Å². The average Bonchev–Trinajstić information content (AvgIpc) is 3.11. The van der Waals surface area contributed by atoms with E-state index in [0.717, 1.165) is 29.8 Å². The first-order chi connectivity index (χ1) is 9.13. The zero-order chi connectivity index (χ0) is 13.8. The highest BCUT2D eigenvalue weighted by molar-refractivity contribution is 7.12. The van der Waals surface area contributed by atoms with Crippen LogP contribution in [-0.4, -0.2) is 29.9 Å². The molecule has 0 atom stereocenters. The highest BCUT2D eigenvalue weighted by atomic mass is 32.1. The van der Waals surface area contributed by atoms with Gasteiger partial charge in [-0.15, -0.1) is 11.3 Å². The Morgan fingerprint density at radius 2 is 2.32 bits per heavy atom. The van der Waals surface area contributed by atoms with Crippen LogP contribution in [0, 0.1) is 17.8 Å². The van der Waals surface area contributed by atoms with Crippen LogP contribution in [-0.2, 0) is 0 Å². The van der Waals surface area contributed by atoms with E-state index in [9.17, 15) is 4.79 Å². The molecule has 0 aliphatic heterocycles. The number of carbonyl (C=O) groups is 1. The Labute approximate surface area is 118 Å². The van der Waals surface area contributed by atoms with E-state index >= 15 is 0 Å². The van der Waals surface area contributed by atoms with Crippen LogP contribution >= 0.6 is 11.3 Å². The minimum atomic E-state index is 0.132. The monoisotopic (exact) mass is 276 g/mol. The summed E-state index contributed by atoms with van der Waals surface area (Å²) in [5, 5.41) is 1.92. The number of nitrogens with zero attached hydrogens (tertiary/aromatic N) is 1. The molecule has 0 bridgehead atoms. The van der Waals surface area contributed by atoms with Gasteiger partial charge in [-0.3, -0.25) is 4.79 Å². The lowest BCUT2D eigenvalue weighted by atomic mass is 10.2. The van der Waals surface area contributed by atoms with Crippen molar-refractivity contribution in [2.75, 3.05) is 13.1 Å². The third kappa shape index (κ3) is 3.59. The Kier molecular flexibility index (Phi) is 4.62. The van der Waals surface area contributed by atoms with E-state index < -0.39 is 0 Å². The van der Waals surface area contributed by atoms with Crippen LogP contribution in [0.2, 0.25) is 0 Å². The molecule has 1 amide bonds. The third-order valence-corrected chi connectivity index (χ3v) is 3.90. The van der Waals surface area contributed by atoms with Crippen molar-refractivity contribution in [3.63, 3.8) is 0 Å². The molecule has 0 unspecified atom stereocenters. The van der Waals surface area contributed by atoms with Gasteiger partial charge >= 0.3 is 0 Å². The van der Waals surface area contributed by atoms with Crippen molar-refractivity contribution in [2.24, 2.45) is 11.7 Å². The van der Waals surface area contributed by atoms with Crippen LogP contribution in [0.3, 0.4) is 0 Å². The van der Waals surface area contributed by atoms with Gasteiger partial charge in [0.15, 0.2) is 0 Å². The summed E-state index contributed by atoms with van der Waals surface area (Å²) in [6, 6.07) is 2.34. The molecular formula is C15H20N2OS. The van der Waals surface area contributed by atoms with Crippen molar-refractivity contribution in [2.45, 2.75) is 32.7 Å². The second-order valence-corrected chi connectivity index (χ2v) is 6.17. The summed E-state index contributed by atoms with van der Waals surface area (Å²) in [5.74, 6) is 6.43. The van der Waals surface area contributed by atoms with E-state index in [0.29, 0.717) is 18.5 Å². The van der Waals surface area contributed by atoms with Crippen molar-refractivity contribution in [1.82, 2.24) is 4.90 Å². The maximum absolute atomic E-state index is 12.6. The molecule has 1 aromatic heterocycles. The lowest BCUT2D eigenvalue weighted by molar-refractivity contribution is 0.0727. The fourth-order valence-corrected chi connectivity index (χ4v) is 2.83. The fourth-order valence-electron chi connectivity index (χ4n) is 2.03. The molecule has 2 rings (SSSR count). The summed E-state index contributed by atoms with van der Waals surface area (Å²) in [6.07, 6.45) is 2.27. The molecule has 102 valence electrons. The van der Waals surface area contributed by atoms with E-state index in [1.807, 2.05) is 16.3 Å². The number of nitrogens with two attached hydrogens (primary N) is 1. The number of hydrogen-bond acceptors (Lipinski definition) is 3. The van der Waals surface area contributed by atoms with E-state index in [1.54, 1.807) is 0 Å². The quantitative estimate of drug-likeness (QED) is 0.858. The predicted octanol–water partition coefficient (Wildman–Crippen LogP) is 2.32. The van der Waals surface area contributed by atoms with Crippen LogP contribution < -0.4 is 5.73 Å². The van der Waals surface area contributed by atoms with E-state index in [4.69, 9.17) is 5.73 Å². The Hall–Kier alpha value is -1.31. The molecule has 19 heavy (non-hydrogen) atoms. The molecular weight excluding hydrogens is 256 g/mol. The third-order valence-electron chi connectivity index (χ3n) is 2.99. The van der Waals surface area contributed by atoms with E-state index in [1.165, 1.54) is 11.3 Å². The van der Waals surface area contributed by atoms with Gasteiger partial charge in [-0.1, -0.05) is 25.7 Å². The molecule has 1 aliphatic carbocycles. The van der Waals surface area contributed by atoms with Gasteiger partial charge < -0.3 is 10.6 Å². The Bertz CT molecular complexity index is 506. The van der Waals surface area contributed by atoms with Gasteiger partial charge in [0.2, 0.25) is 0 Å². The van der Waals surface area contributed by atoms with Crippen LogP contribution in [0.5, 0.6) is 0 Å². The van der Waals surface area contributed by atoms with Gasteiger partial charge in [0.25, 0.3) is 5.91 Å². The largest absolute Gasteiger partial charge is 0.335 e. The van der Waals surface area contributed by atoms with Crippen LogP contribution in [0.25, 0.3) is 0 Å². The normalized spacial score (nSPS) is 14.1. The second-order valence-electron chi connectivity index (χ2n) is 5.25. The first-order valence-corrected chi connectivity index (χ1v) is 7.58. The van der Waals surface area contributed by atoms with Gasteiger partial charge in [0.05, 0.1) is 6.54 Å². The van der Waals surface area contributed by atoms with Crippen LogP contribution in [0.15, 0.2) is 11.4 Å². The molecule has 0 spiro atoms. The molecule has 1 saturated carbocycles. The Morgan fingerprint density at radius 1 is 1.58 bits per heavy atom. The molecule has 0 radical (unpaired) electrons. The van der Waals surface area contributed by atoms with E-state index in [2.05, 4.69) is 25.7 Å². The fraction of sp³-hybridized carbons (Fsp3) is 0.533. The standard InChI is InChI=1S/C15H20N2OS/c1-11(2)10-17(13-5-6-13)15(18)14-12(4-3-8-16)7-9-19-14/h7,9,11,13H,5-6,8,10,16H2,1-2H3. The summed E-state index contributed by atoms with van der Waals surface area (Å²) in [7, 11) is 0. The molecule has 1 fully saturated rings. The van der Waals surface area contributed by atoms with Gasteiger partial charge in [-0.25, -0.2) is 0 Å². The summed E-state index contributed by atoms with van der Waals surface area (Å²) in [6.45, 7) is 5.44. The van der Waals surface area contributed by atoms with Crippen LogP contribution in [0.1, 0.15) is 41.9 Å². The first-order valence-electron chi connectivity index (χ1n) is 6.71. The van der Waals surface area contributed by atoms with Gasteiger partial charge in [0.1, 0.15) is 4.88 Å². The number of thiophene rings is 1.